The summed E-state index contributed by atoms with van der Waals surface area (Å²) in [5.41, 5.74) is 1.03. The summed E-state index contributed by atoms with van der Waals surface area (Å²) < 4.78 is 1.20. The first-order valence-corrected chi connectivity index (χ1v) is 8.73. The largest absolute Gasteiger partial charge is 0.353 e. The Labute approximate surface area is 135 Å². The molecular weight excluding hydrogens is 294 g/mol. The van der Waals surface area contributed by atoms with Gasteiger partial charge < -0.3 is 10.2 Å². The van der Waals surface area contributed by atoms with Gasteiger partial charge in [-0.15, -0.1) is 11.3 Å². The number of fused-ring (bicyclic) bond motifs is 1. The molecule has 1 heterocycles. The van der Waals surface area contributed by atoms with E-state index < -0.39 is 0 Å². The Kier molecular flexibility index (Phi) is 4.74. The van der Waals surface area contributed by atoms with Crippen LogP contribution in [0.15, 0.2) is 24.3 Å². The Morgan fingerprint density at radius 1 is 1.36 bits per heavy atom. The minimum Gasteiger partial charge on any atom is -0.353 e. The number of hydrogen-bond donors (Lipinski definition) is 1. The summed E-state index contributed by atoms with van der Waals surface area (Å²) in [6, 6.07) is 9.08. The molecule has 1 saturated carbocycles. The van der Waals surface area contributed by atoms with E-state index in [-0.39, 0.29) is 5.91 Å². The molecule has 0 radical (unpaired) electrons. The summed E-state index contributed by atoms with van der Waals surface area (Å²) in [6.45, 7) is 0. The monoisotopic (exact) mass is 317 g/mol. The number of aromatic nitrogens is 1. The third kappa shape index (κ3) is 3.65. The lowest BCUT2D eigenvalue weighted by Gasteiger charge is -2.19. The molecule has 0 spiro atoms. The average molecular weight is 317 g/mol. The van der Waals surface area contributed by atoms with Crippen LogP contribution in [0, 0.1) is 0 Å². The number of hydrogen-bond acceptors (Lipinski definition) is 4. The van der Waals surface area contributed by atoms with Crippen LogP contribution in [0.4, 0.5) is 0 Å². The number of para-hydroxylation sites is 1. The SMILES string of the molecule is CN(C)C1CCC(NC(=O)CCc2nc3ccccc3s2)C1. The molecule has 1 aromatic heterocycles. The fourth-order valence-electron chi connectivity index (χ4n) is 3.10. The smallest absolute Gasteiger partial charge is 0.220 e. The number of aryl methyl sites for hydroxylation is 1. The van der Waals surface area contributed by atoms with Gasteiger partial charge in [-0.3, -0.25) is 4.79 Å². The molecule has 1 amide bonds. The van der Waals surface area contributed by atoms with E-state index in [1.54, 1.807) is 11.3 Å². The third-order valence-electron chi connectivity index (χ3n) is 4.40. The van der Waals surface area contributed by atoms with Crippen molar-refractivity contribution in [2.75, 3.05) is 14.1 Å². The van der Waals surface area contributed by atoms with E-state index in [0.29, 0.717) is 18.5 Å². The minimum absolute atomic E-state index is 0.156. The first-order chi connectivity index (χ1) is 10.6. The lowest BCUT2D eigenvalue weighted by Crippen LogP contribution is -2.35. The van der Waals surface area contributed by atoms with Crippen molar-refractivity contribution >= 4 is 27.5 Å². The minimum atomic E-state index is 0.156. The lowest BCUT2D eigenvalue weighted by atomic mass is 10.2. The third-order valence-corrected chi connectivity index (χ3v) is 5.50. The molecule has 2 aromatic rings. The molecule has 3 rings (SSSR count). The molecule has 1 aromatic carbocycles. The molecule has 0 bridgehead atoms. The van der Waals surface area contributed by atoms with Gasteiger partial charge in [0.05, 0.1) is 15.2 Å². The maximum atomic E-state index is 12.1. The molecule has 5 heteroatoms. The van der Waals surface area contributed by atoms with Crippen LogP contribution in [0.2, 0.25) is 0 Å². The van der Waals surface area contributed by atoms with Crippen molar-refractivity contribution in [1.82, 2.24) is 15.2 Å². The highest BCUT2D eigenvalue weighted by Gasteiger charge is 2.26. The fraction of sp³-hybridized carbons (Fsp3) is 0.529. The van der Waals surface area contributed by atoms with Crippen molar-refractivity contribution < 1.29 is 4.79 Å². The van der Waals surface area contributed by atoms with E-state index in [2.05, 4.69) is 35.4 Å². The highest BCUT2D eigenvalue weighted by atomic mass is 32.1. The second kappa shape index (κ2) is 6.75. The van der Waals surface area contributed by atoms with E-state index in [0.717, 1.165) is 29.8 Å². The Morgan fingerprint density at radius 2 is 2.18 bits per heavy atom. The van der Waals surface area contributed by atoms with Gasteiger partial charge in [-0.25, -0.2) is 4.98 Å². The van der Waals surface area contributed by atoms with Crippen molar-refractivity contribution in [3.05, 3.63) is 29.3 Å². The molecule has 4 nitrogen and oxygen atoms in total. The van der Waals surface area contributed by atoms with Gasteiger partial charge in [0.2, 0.25) is 5.91 Å². The van der Waals surface area contributed by atoms with Crippen LogP contribution < -0.4 is 5.32 Å². The Bertz CT molecular complexity index is 619. The van der Waals surface area contributed by atoms with Crippen LogP contribution >= 0.6 is 11.3 Å². The second-order valence-corrected chi connectivity index (χ2v) is 7.39. The first-order valence-electron chi connectivity index (χ1n) is 7.92. The van der Waals surface area contributed by atoms with E-state index >= 15 is 0 Å². The molecule has 1 fully saturated rings. The number of nitrogens with zero attached hydrogens (tertiary/aromatic N) is 2. The predicted octanol–water partition coefficient (Wildman–Crippen LogP) is 2.83. The van der Waals surface area contributed by atoms with Gasteiger partial charge in [0.1, 0.15) is 0 Å². The van der Waals surface area contributed by atoms with Gasteiger partial charge in [0.15, 0.2) is 0 Å². The maximum absolute atomic E-state index is 12.1. The standard InChI is InChI=1S/C17H23N3OS/c1-20(2)13-8-7-12(11-13)18-16(21)9-10-17-19-14-5-3-4-6-15(14)22-17/h3-6,12-13H,7-11H2,1-2H3,(H,18,21). The van der Waals surface area contributed by atoms with Crippen molar-refractivity contribution in [1.29, 1.82) is 0 Å². The van der Waals surface area contributed by atoms with Crippen LogP contribution in [0.1, 0.15) is 30.7 Å². The predicted molar refractivity (Wildman–Crippen MR) is 91.2 cm³/mol. The summed E-state index contributed by atoms with van der Waals surface area (Å²) in [5.74, 6) is 0.156. The quantitative estimate of drug-likeness (QED) is 0.922. The van der Waals surface area contributed by atoms with Gasteiger partial charge in [-0.1, -0.05) is 12.1 Å². The topological polar surface area (TPSA) is 45.2 Å². The van der Waals surface area contributed by atoms with Gasteiger partial charge in [-0.2, -0.15) is 0 Å². The summed E-state index contributed by atoms with van der Waals surface area (Å²) in [4.78, 5) is 19.0. The zero-order valence-corrected chi connectivity index (χ0v) is 14.0. The van der Waals surface area contributed by atoms with Gasteiger partial charge in [-0.05, 0) is 45.5 Å². The van der Waals surface area contributed by atoms with Crippen LogP contribution in [-0.2, 0) is 11.2 Å². The van der Waals surface area contributed by atoms with E-state index in [9.17, 15) is 4.79 Å². The molecule has 1 aliphatic carbocycles. The molecule has 1 aliphatic rings. The molecule has 22 heavy (non-hydrogen) atoms. The Morgan fingerprint density at radius 3 is 2.91 bits per heavy atom. The maximum Gasteiger partial charge on any atom is 0.220 e. The summed E-state index contributed by atoms with van der Waals surface area (Å²) in [5, 5.41) is 4.23. The van der Waals surface area contributed by atoms with Gasteiger partial charge in [0, 0.05) is 24.9 Å². The highest BCUT2D eigenvalue weighted by Crippen LogP contribution is 2.24. The van der Waals surface area contributed by atoms with Gasteiger partial charge >= 0.3 is 0 Å². The zero-order valence-electron chi connectivity index (χ0n) is 13.2. The zero-order chi connectivity index (χ0) is 15.5. The van der Waals surface area contributed by atoms with E-state index in [1.165, 1.54) is 11.1 Å². The number of benzene rings is 1. The molecule has 2 atom stereocenters. The van der Waals surface area contributed by atoms with Crippen LogP contribution in [-0.4, -0.2) is 42.0 Å². The number of amides is 1. The number of carbonyl (C=O) groups is 1. The second-order valence-electron chi connectivity index (χ2n) is 6.27. The first kappa shape index (κ1) is 15.4. The van der Waals surface area contributed by atoms with E-state index in [1.807, 2.05) is 18.2 Å². The fourth-order valence-corrected chi connectivity index (χ4v) is 4.07. The molecule has 0 aliphatic heterocycles. The van der Waals surface area contributed by atoms with Crippen LogP contribution in [0.3, 0.4) is 0 Å². The summed E-state index contributed by atoms with van der Waals surface area (Å²) in [7, 11) is 4.23. The molecule has 1 N–H and O–H groups in total. The number of carbonyl (C=O) groups excluding carboxylic acids is 1. The van der Waals surface area contributed by atoms with Gasteiger partial charge in [0.25, 0.3) is 0 Å². The Balaban J connectivity index is 1.48. The number of nitrogens with one attached hydrogen (secondary N) is 1. The normalized spacial score (nSPS) is 21.6. The molecule has 118 valence electrons. The molecular formula is C17H23N3OS. The highest BCUT2D eigenvalue weighted by molar-refractivity contribution is 7.18. The molecule has 0 saturated heterocycles. The lowest BCUT2D eigenvalue weighted by molar-refractivity contribution is -0.121. The number of thiazole rings is 1. The number of rotatable bonds is 5. The van der Waals surface area contributed by atoms with Crippen molar-refractivity contribution in [3.63, 3.8) is 0 Å². The van der Waals surface area contributed by atoms with Crippen molar-refractivity contribution in [2.24, 2.45) is 0 Å². The summed E-state index contributed by atoms with van der Waals surface area (Å²) >= 11 is 1.69. The van der Waals surface area contributed by atoms with Crippen molar-refractivity contribution in [2.45, 2.75) is 44.2 Å². The van der Waals surface area contributed by atoms with Crippen molar-refractivity contribution in [3.8, 4) is 0 Å². The Hall–Kier alpha value is -1.46. The van der Waals surface area contributed by atoms with Crippen LogP contribution in [0.25, 0.3) is 10.2 Å². The summed E-state index contributed by atoms with van der Waals surface area (Å²) in [6.07, 6.45) is 4.60. The average Bonchev–Trinajstić information content (AvgIpc) is 3.11. The van der Waals surface area contributed by atoms with Crippen LogP contribution in [0.5, 0.6) is 0 Å². The van der Waals surface area contributed by atoms with E-state index in [4.69, 9.17) is 0 Å². The molecule has 2 unspecified atom stereocenters.